The molecule has 1 aliphatic heterocycles. The monoisotopic (exact) mass is 308 g/mol. The van der Waals surface area contributed by atoms with Crippen LogP contribution in [0.1, 0.15) is 13.8 Å². The van der Waals surface area contributed by atoms with E-state index in [1.165, 1.54) is 13.8 Å². The number of rotatable bonds is 5. The average molecular weight is 308 g/mol. The fourth-order valence-corrected chi connectivity index (χ4v) is 1.73. The standard InChI is InChI=1S/C12H20O9/c1-5(2)11(17)19-6(3)20-12(18)10(16)9(15)8(14)7(4-13)21-12/h6-10,13-16,18H,1,4H2,2-3H3/t6?,7-,8-,9+,10-,12?/m1/s1. The van der Waals surface area contributed by atoms with Crippen LogP contribution in [0.3, 0.4) is 0 Å². The molecule has 0 aromatic rings. The smallest absolute Gasteiger partial charge is 0.335 e. The number of carbonyl (C=O) groups is 1. The lowest BCUT2D eigenvalue weighted by molar-refractivity contribution is -0.469. The molecule has 122 valence electrons. The lowest BCUT2D eigenvalue weighted by Gasteiger charge is -2.44. The van der Waals surface area contributed by atoms with E-state index in [1.807, 2.05) is 0 Å². The van der Waals surface area contributed by atoms with E-state index in [1.54, 1.807) is 0 Å². The third-order valence-corrected chi connectivity index (χ3v) is 2.88. The van der Waals surface area contributed by atoms with Crippen molar-refractivity contribution in [2.75, 3.05) is 6.61 Å². The summed E-state index contributed by atoms with van der Waals surface area (Å²) in [5, 5.41) is 47.9. The van der Waals surface area contributed by atoms with Gasteiger partial charge >= 0.3 is 11.9 Å². The van der Waals surface area contributed by atoms with E-state index in [9.17, 15) is 25.2 Å². The number of aliphatic hydroxyl groups is 5. The van der Waals surface area contributed by atoms with E-state index in [2.05, 4.69) is 6.58 Å². The third kappa shape index (κ3) is 3.98. The molecule has 0 saturated carbocycles. The molecule has 9 nitrogen and oxygen atoms in total. The van der Waals surface area contributed by atoms with Crippen LogP contribution < -0.4 is 0 Å². The highest BCUT2D eigenvalue weighted by molar-refractivity contribution is 5.86. The Morgan fingerprint density at radius 2 is 1.95 bits per heavy atom. The van der Waals surface area contributed by atoms with Gasteiger partial charge in [-0.3, -0.25) is 4.74 Å². The van der Waals surface area contributed by atoms with Gasteiger partial charge in [-0.2, -0.15) is 0 Å². The van der Waals surface area contributed by atoms with Crippen LogP contribution in [0.4, 0.5) is 0 Å². The van der Waals surface area contributed by atoms with Crippen molar-refractivity contribution in [1.82, 2.24) is 0 Å². The first-order chi connectivity index (χ1) is 9.62. The first-order valence-electron chi connectivity index (χ1n) is 6.22. The Balaban J connectivity index is 2.78. The maximum Gasteiger partial charge on any atom is 0.335 e. The summed E-state index contributed by atoms with van der Waals surface area (Å²) in [5.41, 5.74) is 0.0891. The van der Waals surface area contributed by atoms with Gasteiger partial charge in [0.25, 0.3) is 0 Å². The Hall–Kier alpha value is -1.07. The van der Waals surface area contributed by atoms with Crippen molar-refractivity contribution in [3.05, 3.63) is 12.2 Å². The molecule has 0 aromatic heterocycles. The highest BCUT2D eigenvalue weighted by Crippen LogP contribution is 2.30. The molecule has 1 aliphatic rings. The zero-order valence-corrected chi connectivity index (χ0v) is 11.7. The van der Waals surface area contributed by atoms with E-state index < -0.39 is 49.3 Å². The second-order valence-corrected chi connectivity index (χ2v) is 4.77. The molecule has 0 spiro atoms. The van der Waals surface area contributed by atoms with Gasteiger partial charge in [-0.1, -0.05) is 6.58 Å². The molecule has 0 aromatic carbocycles. The average Bonchev–Trinajstić information content (AvgIpc) is 2.40. The van der Waals surface area contributed by atoms with Crippen molar-refractivity contribution in [2.45, 2.75) is 50.5 Å². The Bertz CT molecular complexity index is 396. The normalized spacial score (nSPS) is 37.9. The minimum atomic E-state index is -2.76. The van der Waals surface area contributed by atoms with Crippen LogP contribution in [0.5, 0.6) is 0 Å². The summed E-state index contributed by atoms with van der Waals surface area (Å²) >= 11 is 0. The van der Waals surface area contributed by atoms with Gasteiger partial charge < -0.3 is 35.0 Å². The maximum atomic E-state index is 11.3. The minimum absolute atomic E-state index is 0.0891. The molecule has 2 unspecified atom stereocenters. The molecule has 0 amide bonds. The van der Waals surface area contributed by atoms with Crippen LogP contribution >= 0.6 is 0 Å². The van der Waals surface area contributed by atoms with E-state index in [0.717, 1.165) is 0 Å². The van der Waals surface area contributed by atoms with Crippen molar-refractivity contribution >= 4 is 5.97 Å². The Morgan fingerprint density at radius 3 is 2.43 bits per heavy atom. The second kappa shape index (κ2) is 6.79. The molecular weight excluding hydrogens is 288 g/mol. The van der Waals surface area contributed by atoms with Gasteiger partial charge in [0.05, 0.1) is 6.61 Å². The Labute approximate surface area is 121 Å². The fraction of sp³-hybridized carbons (Fsp3) is 0.750. The van der Waals surface area contributed by atoms with Crippen LogP contribution in [0.15, 0.2) is 12.2 Å². The summed E-state index contributed by atoms with van der Waals surface area (Å²) in [6.07, 6.45) is -8.23. The van der Waals surface area contributed by atoms with E-state index in [4.69, 9.17) is 19.3 Å². The SMILES string of the molecule is C=C(C)C(=O)OC(C)OC1(O)O[C@H](CO)[C@@H](O)[C@H](O)[C@H]1O. The Kier molecular flexibility index (Phi) is 5.82. The zero-order valence-electron chi connectivity index (χ0n) is 11.7. The van der Waals surface area contributed by atoms with Crippen LogP contribution in [-0.4, -0.2) is 74.8 Å². The summed E-state index contributed by atoms with van der Waals surface area (Å²) in [6, 6.07) is 0. The number of hydrogen-bond donors (Lipinski definition) is 5. The predicted octanol–water partition coefficient (Wildman–Crippen LogP) is -2.41. The molecule has 0 bridgehead atoms. The van der Waals surface area contributed by atoms with Crippen LogP contribution in [-0.2, 0) is 19.0 Å². The van der Waals surface area contributed by atoms with Crippen molar-refractivity contribution in [3.8, 4) is 0 Å². The lowest BCUT2D eigenvalue weighted by atomic mass is 9.98. The maximum absolute atomic E-state index is 11.3. The van der Waals surface area contributed by atoms with Crippen molar-refractivity contribution in [3.63, 3.8) is 0 Å². The van der Waals surface area contributed by atoms with Crippen LogP contribution in [0, 0.1) is 0 Å². The van der Waals surface area contributed by atoms with Crippen molar-refractivity contribution < 1.29 is 44.5 Å². The zero-order chi connectivity index (χ0) is 16.4. The summed E-state index contributed by atoms with van der Waals surface area (Å²) < 4.78 is 14.5. The summed E-state index contributed by atoms with van der Waals surface area (Å²) in [4.78, 5) is 11.3. The molecule has 0 aliphatic carbocycles. The highest BCUT2D eigenvalue weighted by atomic mass is 16.9. The molecule has 1 fully saturated rings. The third-order valence-electron chi connectivity index (χ3n) is 2.88. The number of carbonyl (C=O) groups excluding carboxylic acids is 1. The summed E-state index contributed by atoms with van der Waals surface area (Å²) in [7, 11) is 0. The van der Waals surface area contributed by atoms with Gasteiger partial charge in [-0.25, -0.2) is 4.79 Å². The molecule has 1 rings (SSSR count). The second-order valence-electron chi connectivity index (χ2n) is 4.77. The van der Waals surface area contributed by atoms with Crippen LogP contribution in [0.25, 0.3) is 0 Å². The van der Waals surface area contributed by atoms with Gasteiger partial charge in [0.1, 0.15) is 18.3 Å². The number of ether oxygens (including phenoxy) is 3. The topological polar surface area (TPSA) is 146 Å². The van der Waals surface area contributed by atoms with E-state index >= 15 is 0 Å². The molecule has 5 N–H and O–H groups in total. The first kappa shape index (κ1) is 18.0. The van der Waals surface area contributed by atoms with Gasteiger partial charge in [-0.15, -0.1) is 0 Å². The van der Waals surface area contributed by atoms with E-state index in [0.29, 0.717) is 0 Å². The highest BCUT2D eigenvalue weighted by Gasteiger charge is 2.55. The van der Waals surface area contributed by atoms with Gasteiger partial charge in [0.2, 0.25) is 6.29 Å². The van der Waals surface area contributed by atoms with Crippen LogP contribution in [0.2, 0.25) is 0 Å². The first-order valence-corrected chi connectivity index (χ1v) is 6.22. The van der Waals surface area contributed by atoms with Crippen molar-refractivity contribution in [2.24, 2.45) is 0 Å². The largest absolute Gasteiger partial charge is 0.433 e. The molecule has 1 heterocycles. The quantitative estimate of drug-likeness (QED) is 0.213. The summed E-state index contributed by atoms with van der Waals surface area (Å²) in [5.74, 6) is -3.56. The number of aliphatic hydroxyl groups excluding tert-OH is 4. The number of hydrogen-bond acceptors (Lipinski definition) is 9. The molecular formula is C12H20O9. The van der Waals surface area contributed by atoms with E-state index in [-0.39, 0.29) is 5.57 Å². The molecule has 1 saturated heterocycles. The summed E-state index contributed by atoms with van der Waals surface area (Å²) in [6.45, 7) is 5.25. The molecule has 21 heavy (non-hydrogen) atoms. The van der Waals surface area contributed by atoms with Gasteiger partial charge in [0.15, 0.2) is 6.10 Å². The Morgan fingerprint density at radius 1 is 1.38 bits per heavy atom. The minimum Gasteiger partial charge on any atom is -0.433 e. The molecule has 9 heteroatoms. The van der Waals surface area contributed by atoms with Crippen molar-refractivity contribution in [1.29, 1.82) is 0 Å². The predicted molar refractivity (Wildman–Crippen MR) is 66.4 cm³/mol. The van der Waals surface area contributed by atoms with Gasteiger partial charge in [0, 0.05) is 5.57 Å². The lowest BCUT2D eigenvalue weighted by Crippen LogP contribution is -2.66. The molecule has 0 radical (unpaired) electrons. The molecule has 6 atom stereocenters. The van der Waals surface area contributed by atoms with Gasteiger partial charge in [-0.05, 0) is 13.8 Å². The number of esters is 1. The fourth-order valence-electron chi connectivity index (χ4n) is 1.73.